The van der Waals surface area contributed by atoms with Crippen LogP contribution in [-0.2, 0) is 11.8 Å². The summed E-state index contributed by atoms with van der Waals surface area (Å²) in [5.41, 5.74) is 1.18. The smallest absolute Gasteiger partial charge is 0.0807 e. The summed E-state index contributed by atoms with van der Waals surface area (Å²) in [6, 6.07) is 2.26. The number of likely N-dealkylation sites (N-methyl/N-ethyl adjacent to an activating group) is 1. The summed E-state index contributed by atoms with van der Waals surface area (Å²) in [6.45, 7) is 10.2. The fourth-order valence-electron chi connectivity index (χ4n) is 2.16. The molecule has 0 aliphatic carbocycles. The van der Waals surface area contributed by atoms with Crippen LogP contribution in [-0.4, -0.2) is 29.0 Å². The van der Waals surface area contributed by atoms with E-state index in [2.05, 4.69) is 37.3 Å². The third-order valence-corrected chi connectivity index (χ3v) is 2.95. The van der Waals surface area contributed by atoms with Crippen LogP contribution in [0.15, 0.2) is 12.3 Å². The second kappa shape index (κ2) is 6.77. The maximum Gasteiger partial charge on any atom is 0.0807 e. The lowest BCUT2D eigenvalue weighted by molar-refractivity contribution is 0.00132. The Kier molecular flexibility index (Phi) is 5.65. The average molecular weight is 239 g/mol. The van der Waals surface area contributed by atoms with Crippen LogP contribution < -0.4 is 5.32 Å². The van der Waals surface area contributed by atoms with E-state index in [1.54, 1.807) is 0 Å². The molecule has 0 aromatic carbocycles. The van der Waals surface area contributed by atoms with Crippen molar-refractivity contribution < 1.29 is 4.74 Å². The minimum Gasteiger partial charge on any atom is -0.376 e. The van der Waals surface area contributed by atoms with Crippen molar-refractivity contribution in [3.05, 3.63) is 18.0 Å². The first-order valence-corrected chi connectivity index (χ1v) is 6.44. The highest BCUT2D eigenvalue weighted by Gasteiger charge is 2.27. The van der Waals surface area contributed by atoms with Crippen molar-refractivity contribution >= 4 is 0 Å². The molecule has 17 heavy (non-hydrogen) atoms. The van der Waals surface area contributed by atoms with Gasteiger partial charge in [-0.2, -0.15) is 5.10 Å². The molecule has 98 valence electrons. The summed E-state index contributed by atoms with van der Waals surface area (Å²) >= 11 is 0. The third kappa shape index (κ3) is 3.54. The molecule has 4 nitrogen and oxygen atoms in total. The second-order valence-electron chi connectivity index (χ2n) is 4.58. The summed E-state index contributed by atoms with van der Waals surface area (Å²) in [5.74, 6) is 0.467. The Morgan fingerprint density at radius 1 is 1.41 bits per heavy atom. The van der Waals surface area contributed by atoms with Crippen molar-refractivity contribution in [2.24, 2.45) is 13.0 Å². The van der Waals surface area contributed by atoms with Gasteiger partial charge in [0.15, 0.2) is 0 Å². The first-order valence-electron chi connectivity index (χ1n) is 6.44. The lowest BCUT2D eigenvalue weighted by Crippen LogP contribution is -2.38. The largest absolute Gasteiger partial charge is 0.376 e. The van der Waals surface area contributed by atoms with Gasteiger partial charge in [-0.3, -0.25) is 4.68 Å². The van der Waals surface area contributed by atoms with E-state index in [0.717, 1.165) is 13.2 Å². The Hall–Kier alpha value is -0.870. The minimum absolute atomic E-state index is 0.176. The molecule has 0 amide bonds. The molecule has 0 radical (unpaired) electrons. The van der Waals surface area contributed by atoms with Gasteiger partial charge in [-0.25, -0.2) is 0 Å². The van der Waals surface area contributed by atoms with Crippen LogP contribution in [0.4, 0.5) is 0 Å². The van der Waals surface area contributed by atoms with Gasteiger partial charge in [0.05, 0.1) is 17.8 Å². The van der Waals surface area contributed by atoms with E-state index in [1.807, 2.05) is 24.9 Å². The first-order chi connectivity index (χ1) is 8.11. The molecule has 0 aliphatic rings. The topological polar surface area (TPSA) is 39.1 Å². The van der Waals surface area contributed by atoms with Gasteiger partial charge < -0.3 is 10.1 Å². The predicted molar refractivity (Wildman–Crippen MR) is 69.9 cm³/mol. The van der Waals surface area contributed by atoms with Gasteiger partial charge >= 0.3 is 0 Å². The average Bonchev–Trinajstić information content (AvgIpc) is 2.69. The molecular formula is C13H25N3O. The molecule has 0 saturated carbocycles. The Labute approximate surface area is 104 Å². The van der Waals surface area contributed by atoms with Crippen LogP contribution in [0.1, 0.15) is 39.4 Å². The molecule has 2 unspecified atom stereocenters. The van der Waals surface area contributed by atoms with Crippen LogP contribution in [0.25, 0.3) is 0 Å². The van der Waals surface area contributed by atoms with Crippen molar-refractivity contribution in [1.29, 1.82) is 0 Å². The SMILES string of the molecule is CCNC(c1ccnn1C)C(OCC)C(C)C. The van der Waals surface area contributed by atoms with Crippen molar-refractivity contribution in [2.45, 2.75) is 39.8 Å². The molecule has 0 spiro atoms. The van der Waals surface area contributed by atoms with E-state index in [4.69, 9.17) is 4.74 Å². The summed E-state index contributed by atoms with van der Waals surface area (Å²) < 4.78 is 7.81. The molecular weight excluding hydrogens is 214 g/mol. The van der Waals surface area contributed by atoms with Gasteiger partial charge in [-0.05, 0) is 25.5 Å². The number of aryl methyl sites for hydroxylation is 1. The van der Waals surface area contributed by atoms with Crippen LogP contribution in [0.2, 0.25) is 0 Å². The molecule has 1 N–H and O–H groups in total. The van der Waals surface area contributed by atoms with Gasteiger partial charge in [0, 0.05) is 19.9 Å². The second-order valence-corrected chi connectivity index (χ2v) is 4.58. The highest BCUT2D eigenvalue weighted by Crippen LogP contribution is 2.24. The summed E-state index contributed by atoms with van der Waals surface area (Å²) in [4.78, 5) is 0. The van der Waals surface area contributed by atoms with E-state index < -0.39 is 0 Å². The predicted octanol–water partition coefficient (Wildman–Crippen LogP) is 2.13. The standard InChI is InChI=1S/C13H25N3O/c1-6-14-12(11-8-9-15-16(11)5)13(10(3)4)17-7-2/h8-10,12-14H,6-7H2,1-5H3. The van der Waals surface area contributed by atoms with Crippen molar-refractivity contribution in [2.75, 3.05) is 13.2 Å². The zero-order chi connectivity index (χ0) is 12.8. The molecule has 1 rings (SSSR count). The third-order valence-electron chi connectivity index (χ3n) is 2.95. The number of nitrogens with zero attached hydrogens (tertiary/aromatic N) is 2. The normalized spacial score (nSPS) is 15.2. The highest BCUT2D eigenvalue weighted by molar-refractivity contribution is 5.09. The quantitative estimate of drug-likeness (QED) is 0.792. The number of nitrogens with one attached hydrogen (secondary N) is 1. The fraction of sp³-hybridized carbons (Fsp3) is 0.769. The first kappa shape index (κ1) is 14.2. The van der Waals surface area contributed by atoms with Crippen LogP contribution in [0, 0.1) is 5.92 Å². The lowest BCUT2D eigenvalue weighted by Gasteiger charge is -2.30. The Morgan fingerprint density at radius 2 is 2.12 bits per heavy atom. The minimum atomic E-state index is 0.176. The number of aromatic nitrogens is 2. The molecule has 4 heteroatoms. The monoisotopic (exact) mass is 239 g/mol. The molecule has 1 aromatic heterocycles. The van der Waals surface area contributed by atoms with E-state index in [-0.39, 0.29) is 12.1 Å². The summed E-state index contributed by atoms with van der Waals surface area (Å²) in [7, 11) is 1.98. The van der Waals surface area contributed by atoms with Crippen LogP contribution >= 0.6 is 0 Å². The number of hydrogen-bond acceptors (Lipinski definition) is 3. The summed E-state index contributed by atoms with van der Waals surface area (Å²) in [6.07, 6.45) is 2.01. The van der Waals surface area contributed by atoms with Crippen LogP contribution in [0.3, 0.4) is 0 Å². The van der Waals surface area contributed by atoms with Crippen molar-refractivity contribution in [3.63, 3.8) is 0 Å². The lowest BCUT2D eigenvalue weighted by atomic mass is 9.96. The maximum absolute atomic E-state index is 5.89. The van der Waals surface area contributed by atoms with Gasteiger partial charge in [-0.1, -0.05) is 20.8 Å². The highest BCUT2D eigenvalue weighted by atomic mass is 16.5. The van der Waals surface area contributed by atoms with Crippen LogP contribution in [0.5, 0.6) is 0 Å². The Balaban J connectivity index is 2.93. The zero-order valence-electron chi connectivity index (χ0n) is 11.6. The molecule has 0 bridgehead atoms. The molecule has 1 aromatic rings. The van der Waals surface area contributed by atoms with E-state index in [0.29, 0.717) is 5.92 Å². The van der Waals surface area contributed by atoms with Gasteiger partial charge in [0.25, 0.3) is 0 Å². The zero-order valence-corrected chi connectivity index (χ0v) is 11.6. The Bertz CT molecular complexity index is 322. The molecule has 2 atom stereocenters. The number of ether oxygens (including phenoxy) is 1. The molecule has 0 saturated heterocycles. The van der Waals surface area contributed by atoms with E-state index >= 15 is 0 Å². The van der Waals surface area contributed by atoms with E-state index in [1.165, 1.54) is 5.69 Å². The summed E-state index contributed by atoms with van der Waals surface area (Å²) in [5, 5.41) is 7.75. The fourth-order valence-corrected chi connectivity index (χ4v) is 2.16. The number of hydrogen-bond donors (Lipinski definition) is 1. The van der Waals surface area contributed by atoms with Gasteiger partial charge in [0.1, 0.15) is 0 Å². The van der Waals surface area contributed by atoms with E-state index in [9.17, 15) is 0 Å². The molecule has 0 fully saturated rings. The van der Waals surface area contributed by atoms with Crippen molar-refractivity contribution in [1.82, 2.24) is 15.1 Å². The van der Waals surface area contributed by atoms with Crippen molar-refractivity contribution in [3.8, 4) is 0 Å². The Morgan fingerprint density at radius 3 is 2.53 bits per heavy atom. The molecule has 1 heterocycles. The van der Waals surface area contributed by atoms with Gasteiger partial charge in [-0.15, -0.1) is 0 Å². The number of rotatable bonds is 7. The van der Waals surface area contributed by atoms with Gasteiger partial charge in [0.2, 0.25) is 0 Å². The molecule has 0 aliphatic heterocycles. The maximum atomic E-state index is 5.89.